The van der Waals surface area contributed by atoms with E-state index in [-0.39, 0.29) is 12.5 Å². The van der Waals surface area contributed by atoms with E-state index in [0.717, 1.165) is 10.5 Å². The molecule has 0 bridgehead atoms. The van der Waals surface area contributed by atoms with Gasteiger partial charge >= 0.3 is 12.1 Å². The molecule has 8 heteroatoms. The van der Waals surface area contributed by atoms with Crippen LogP contribution >= 0.6 is 0 Å². The van der Waals surface area contributed by atoms with Gasteiger partial charge in [-0.15, -0.1) is 0 Å². The van der Waals surface area contributed by atoms with Crippen molar-refractivity contribution < 1.29 is 19.1 Å². The molecule has 2 atom stereocenters. The molecule has 28 heavy (non-hydrogen) atoms. The van der Waals surface area contributed by atoms with Gasteiger partial charge in [0.05, 0.1) is 12.2 Å². The number of fused-ring (bicyclic) bond motifs is 3. The van der Waals surface area contributed by atoms with Crippen LogP contribution in [0.1, 0.15) is 19.4 Å². The average molecular weight is 380 g/mol. The van der Waals surface area contributed by atoms with Crippen molar-refractivity contribution in [1.82, 2.24) is 4.90 Å². The number of primary amides is 1. The lowest BCUT2D eigenvalue weighted by Crippen LogP contribution is -2.57. The molecule has 2 aromatic rings. The maximum absolute atomic E-state index is 13.2. The van der Waals surface area contributed by atoms with Gasteiger partial charge in [-0.3, -0.25) is 9.69 Å². The van der Waals surface area contributed by atoms with Crippen molar-refractivity contribution in [2.24, 2.45) is 5.73 Å². The van der Waals surface area contributed by atoms with Gasteiger partial charge in [-0.25, -0.2) is 14.5 Å². The van der Waals surface area contributed by atoms with Crippen LogP contribution in [0.3, 0.4) is 0 Å². The van der Waals surface area contributed by atoms with E-state index in [1.54, 1.807) is 23.1 Å². The van der Waals surface area contributed by atoms with E-state index in [1.807, 2.05) is 37.3 Å². The first-order chi connectivity index (χ1) is 13.3. The summed E-state index contributed by atoms with van der Waals surface area (Å²) in [7, 11) is 0. The van der Waals surface area contributed by atoms with E-state index in [1.165, 1.54) is 6.92 Å². The third-order valence-corrected chi connectivity index (χ3v) is 5.26. The van der Waals surface area contributed by atoms with Crippen LogP contribution in [0.2, 0.25) is 0 Å². The predicted molar refractivity (Wildman–Crippen MR) is 103 cm³/mol. The Hall–Kier alpha value is -3.55. The second-order valence-electron chi connectivity index (χ2n) is 6.96. The highest BCUT2D eigenvalue weighted by atomic mass is 16.5. The Balaban J connectivity index is 1.93. The Bertz CT molecular complexity index is 977. The summed E-state index contributed by atoms with van der Waals surface area (Å²) in [5, 5.41) is 2.71. The number of hydrogen-bond acceptors (Lipinski definition) is 4. The van der Waals surface area contributed by atoms with E-state index in [4.69, 9.17) is 10.5 Å². The highest BCUT2D eigenvalue weighted by molar-refractivity contribution is 6.07. The molecule has 0 radical (unpaired) electrons. The summed E-state index contributed by atoms with van der Waals surface area (Å²) in [5.41, 5.74) is 6.37. The summed E-state index contributed by atoms with van der Waals surface area (Å²) < 4.78 is 6.15. The Morgan fingerprint density at radius 2 is 1.93 bits per heavy atom. The standard InChI is InChI=1S/C20H20N4O4/c1-12-20(14-6-4-3-5-7-14)11-23(18(21)26)19(27)24(20)16-10-15(22-13(2)25)8-9-17(16)28-12/h3-10,12H,11H2,1-2H3,(H2,21,26)(H,22,25). The number of carbonyl (C=O) groups excluding carboxylic acids is 3. The number of imide groups is 1. The van der Waals surface area contributed by atoms with Crippen LogP contribution < -0.4 is 20.7 Å². The number of nitrogens with zero attached hydrogens (tertiary/aromatic N) is 2. The molecule has 144 valence electrons. The molecule has 3 N–H and O–H groups in total. The van der Waals surface area contributed by atoms with Gasteiger partial charge in [0.2, 0.25) is 5.91 Å². The number of hydrogen-bond donors (Lipinski definition) is 2. The van der Waals surface area contributed by atoms with E-state index in [9.17, 15) is 14.4 Å². The minimum Gasteiger partial charge on any atom is -0.486 e. The van der Waals surface area contributed by atoms with Gasteiger partial charge in [0.1, 0.15) is 17.4 Å². The Morgan fingerprint density at radius 3 is 2.57 bits per heavy atom. The quantitative estimate of drug-likeness (QED) is 0.835. The van der Waals surface area contributed by atoms with Crippen LogP contribution in [0, 0.1) is 0 Å². The van der Waals surface area contributed by atoms with Gasteiger partial charge in [0, 0.05) is 12.6 Å². The molecule has 5 amide bonds. The first-order valence-corrected chi connectivity index (χ1v) is 8.89. The number of carbonyl (C=O) groups is 3. The van der Waals surface area contributed by atoms with Crippen molar-refractivity contribution in [2.75, 3.05) is 16.8 Å². The number of urea groups is 2. The maximum Gasteiger partial charge on any atom is 0.333 e. The molecule has 2 aromatic carbocycles. The average Bonchev–Trinajstić information content (AvgIpc) is 2.98. The highest BCUT2D eigenvalue weighted by Crippen LogP contribution is 2.51. The molecule has 8 nitrogen and oxygen atoms in total. The second kappa shape index (κ2) is 6.26. The first kappa shape index (κ1) is 17.8. The molecule has 0 aromatic heterocycles. The number of nitrogens with one attached hydrogen (secondary N) is 1. The molecule has 0 saturated carbocycles. The van der Waals surface area contributed by atoms with Crippen molar-refractivity contribution in [1.29, 1.82) is 0 Å². The summed E-state index contributed by atoms with van der Waals surface area (Å²) in [6, 6.07) is 13.1. The third-order valence-electron chi connectivity index (χ3n) is 5.26. The molecule has 0 aliphatic carbocycles. The van der Waals surface area contributed by atoms with Crippen molar-refractivity contribution in [3.63, 3.8) is 0 Å². The number of nitrogens with two attached hydrogens (primary N) is 1. The van der Waals surface area contributed by atoms with Crippen molar-refractivity contribution in [2.45, 2.75) is 25.5 Å². The number of anilines is 2. The lowest BCUT2D eigenvalue weighted by atomic mass is 9.82. The molecule has 2 heterocycles. The number of rotatable bonds is 2. The van der Waals surface area contributed by atoms with Gasteiger partial charge in [0.15, 0.2) is 0 Å². The molecule has 2 aliphatic heterocycles. The molecule has 2 unspecified atom stereocenters. The van der Waals surface area contributed by atoms with Gasteiger partial charge < -0.3 is 15.8 Å². The molecule has 1 saturated heterocycles. The van der Waals surface area contributed by atoms with Crippen LogP contribution in [-0.4, -0.2) is 35.5 Å². The van der Waals surface area contributed by atoms with E-state index < -0.39 is 23.7 Å². The SMILES string of the molecule is CC(=O)Nc1ccc2c(c1)N1C(=O)N(C(N)=O)CC1(c1ccccc1)C(C)O2. The van der Waals surface area contributed by atoms with Crippen LogP contribution in [0.25, 0.3) is 0 Å². The molecule has 4 rings (SSSR count). The summed E-state index contributed by atoms with van der Waals surface area (Å²) >= 11 is 0. The van der Waals surface area contributed by atoms with Crippen molar-refractivity contribution in [3.8, 4) is 5.75 Å². The van der Waals surface area contributed by atoms with Crippen LogP contribution in [-0.2, 0) is 10.3 Å². The summed E-state index contributed by atoms with van der Waals surface area (Å²) in [6.07, 6.45) is -0.442. The van der Waals surface area contributed by atoms with Gasteiger partial charge in [-0.1, -0.05) is 30.3 Å². The van der Waals surface area contributed by atoms with Crippen LogP contribution in [0.4, 0.5) is 21.0 Å². The minimum atomic E-state index is -0.935. The smallest absolute Gasteiger partial charge is 0.333 e. The molecule has 1 fully saturated rings. The minimum absolute atomic E-state index is 0.0656. The largest absolute Gasteiger partial charge is 0.486 e. The number of benzene rings is 2. The normalized spacial score (nSPS) is 22.9. The van der Waals surface area contributed by atoms with E-state index in [0.29, 0.717) is 17.1 Å². The van der Waals surface area contributed by atoms with Gasteiger partial charge in [-0.2, -0.15) is 0 Å². The molecular weight excluding hydrogens is 360 g/mol. The van der Waals surface area contributed by atoms with Gasteiger partial charge in [0.25, 0.3) is 0 Å². The molecular formula is C20H20N4O4. The Morgan fingerprint density at radius 1 is 1.21 bits per heavy atom. The summed E-state index contributed by atoms with van der Waals surface area (Å²) in [5.74, 6) is 0.263. The predicted octanol–water partition coefficient (Wildman–Crippen LogP) is 2.64. The highest BCUT2D eigenvalue weighted by Gasteiger charge is 2.60. The number of amides is 5. The third kappa shape index (κ3) is 2.49. The second-order valence-corrected chi connectivity index (χ2v) is 6.96. The molecule has 2 aliphatic rings. The fourth-order valence-corrected chi connectivity index (χ4v) is 4.01. The topological polar surface area (TPSA) is 105 Å². The van der Waals surface area contributed by atoms with Crippen molar-refractivity contribution in [3.05, 3.63) is 54.1 Å². The Labute approximate surface area is 161 Å². The first-order valence-electron chi connectivity index (χ1n) is 8.89. The Kier molecular flexibility index (Phi) is 3.99. The zero-order valence-electron chi connectivity index (χ0n) is 15.5. The zero-order chi connectivity index (χ0) is 20.1. The van der Waals surface area contributed by atoms with E-state index >= 15 is 0 Å². The lowest BCUT2D eigenvalue weighted by molar-refractivity contribution is -0.114. The zero-order valence-corrected chi connectivity index (χ0v) is 15.5. The van der Waals surface area contributed by atoms with Crippen LogP contribution in [0.15, 0.2) is 48.5 Å². The molecule has 0 spiro atoms. The fourth-order valence-electron chi connectivity index (χ4n) is 4.01. The van der Waals surface area contributed by atoms with Gasteiger partial charge in [-0.05, 0) is 30.7 Å². The number of ether oxygens (including phenoxy) is 1. The maximum atomic E-state index is 13.2. The fraction of sp³-hybridized carbons (Fsp3) is 0.250. The summed E-state index contributed by atoms with van der Waals surface area (Å²) in [4.78, 5) is 39.2. The van der Waals surface area contributed by atoms with Crippen molar-refractivity contribution >= 4 is 29.3 Å². The van der Waals surface area contributed by atoms with E-state index in [2.05, 4.69) is 5.32 Å². The summed E-state index contributed by atoms with van der Waals surface area (Å²) in [6.45, 7) is 3.33. The monoisotopic (exact) mass is 380 g/mol. The lowest BCUT2D eigenvalue weighted by Gasteiger charge is -2.46. The van der Waals surface area contributed by atoms with Crippen LogP contribution in [0.5, 0.6) is 5.75 Å².